The van der Waals surface area contributed by atoms with Gasteiger partial charge in [0.1, 0.15) is 11.0 Å². The van der Waals surface area contributed by atoms with Crippen LogP contribution in [-0.2, 0) is 17.5 Å². The van der Waals surface area contributed by atoms with Gasteiger partial charge in [0.15, 0.2) is 11.5 Å². The van der Waals surface area contributed by atoms with E-state index in [9.17, 15) is 27.2 Å². The van der Waals surface area contributed by atoms with E-state index >= 15 is 0 Å². The van der Waals surface area contributed by atoms with Crippen LogP contribution in [0.3, 0.4) is 0 Å². The van der Waals surface area contributed by atoms with Crippen LogP contribution >= 0.6 is 11.6 Å². The van der Waals surface area contributed by atoms with E-state index in [1.165, 1.54) is 29.9 Å². The summed E-state index contributed by atoms with van der Waals surface area (Å²) in [5.74, 6) is -1.65. The van der Waals surface area contributed by atoms with Gasteiger partial charge in [-0.1, -0.05) is 11.6 Å². The number of halogens is 5. The number of anilines is 1. The van der Waals surface area contributed by atoms with Crippen molar-refractivity contribution in [2.45, 2.75) is 19.6 Å². The number of amides is 2. The predicted molar refractivity (Wildman–Crippen MR) is 118 cm³/mol. The number of pyridine rings is 1. The first-order valence-electron chi connectivity index (χ1n) is 9.95. The summed E-state index contributed by atoms with van der Waals surface area (Å²) in [5, 5.41) is 9.12. The van der Waals surface area contributed by atoms with Crippen LogP contribution < -0.4 is 10.6 Å². The SMILES string of the molecule is CC(=O)Nc1cn2nc(-c3cnc(Cl)c(C(=O)NCc4cc(C(F)(F)F)ccc4F)c3)ccc2n1. The maximum atomic E-state index is 14.0. The third kappa shape index (κ3) is 5.38. The van der Waals surface area contributed by atoms with E-state index in [4.69, 9.17) is 11.6 Å². The minimum atomic E-state index is -4.65. The summed E-state index contributed by atoms with van der Waals surface area (Å²) in [6.45, 7) is 0.844. The number of carbonyl (C=O) groups is 2. The molecule has 2 N–H and O–H groups in total. The molecule has 4 rings (SSSR count). The van der Waals surface area contributed by atoms with Crippen molar-refractivity contribution in [2.75, 3.05) is 5.32 Å². The molecular formula is C22H15ClF4N6O2. The van der Waals surface area contributed by atoms with E-state index in [-0.39, 0.29) is 22.2 Å². The normalized spacial score (nSPS) is 11.5. The summed E-state index contributed by atoms with van der Waals surface area (Å²) < 4.78 is 54.1. The van der Waals surface area contributed by atoms with Crippen molar-refractivity contribution < 1.29 is 27.2 Å². The summed E-state index contributed by atoms with van der Waals surface area (Å²) >= 11 is 6.05. The fourth-order valence-electron chi connectivity index (χ4n) is 3.18. The molecule has 0 atom stereocenters. The summed E-state index contributed by atoms with van der Waals surface area (Å²) in [5.41, 5.74) is -0.195. The highest BCUT2D eigenvalue weighted by Crippen LogP contribution is 2.30. The predicted octanol–water partition coefficient (Wildman–Crippen LogP) is 4.49. The third-order valence-corrected chi connectivity index (χ3v) is 5.12. The number of aromatic nitrogens is 4. The van der Waals surface area contributed by atoms with Crippen molar-refractivity contribution in [3.8, 4) is 11.3 Å². The monoisotopic (exact) mass is 506 g/mol. The summed E-state index contributed by atoms with van der Waals surface area (Å²) in [6, 6.07) is 6.59. The van der Waals surface area contributed by atoms with Gasteiger partial charge in [0.2, 0.25) is 5.91 Å². The molecule has 0 saturated heterocycles. The summed E-state index contributed by atoms with van der Waals surface area (Å²) in [6.07, 6.45) is -1.77. The Morgan fingerprint density at radius 1 is 1.14 bits per heavy atom. The van der Waals surface area contributed by atoms with Gasteiger partial charge in [0.05, 0.1) is 23.0 Å². The molecule has 13 heteroatoms. The molecule has 0 unspecified atom stereocenters. The van der Waals surface area contributed by atoms with Gasteiger partial charge in [-0.15, -0.1) is 0 Å². The van der Waals surface area contributed by atoms with Crippen LogP contribution in [-0.4, -0.2) is 31.4 Å². The molecule has 2 amide bonds. The Bertz CT molecular complexity index is 1450. The molecule has 0 bridgehead atoms. The molecule has 35 heavy (non-hydrogen) atoms. The number of fused-ring (bicyclic) bond motifs is 1. The number of rotatable bonds is 5. The maximum absolute atomic E-state index is 14.0. The van der Waals surface area contributed by atoms with Crippen LogP contribution in [0, 0.1) is 5.82 Å². The Morgan fingerprint density at radius 2 is 1.91 bits per heavy atom. The van der Waals surface area contributed by atoms with Gasteiger partial charge < -0.3 is 10.6 Å². The Hall–Kier alpha value is -4.06. The average molecular weight is 507 g/mol. The van der Waals surface area contributed by atoms with Crippen LogP contribution in [0.4, 0.5) is 23.4 Å². The molecule has 0 saturated carbocycles. The lowest BCUT2D eigenvalue weighted by molar-refractivity contribution is -0.137. The number of alkyl halides is 3. The standard InChI is InChI=1S/C22H15ClF4N6O2/c1-11(34)30-18-10-33-19(31-18)5-4-17(32-33)13-7-15(20(23)28-9-13)21(35)29-8-12-6-14(22(25,26)27)2-3-16(12)24/h2-7,9-10H,8H2,1H3,(H,29,35)(H,30,34). The zero-order chi connectivity index (χ0) is 25.3. The fourth-order valence-corrected chi connectivity index (χ4v) is 3.37. The number of hydrogen-bond donors (Lipinski definition) is 2. The van der Waals surface area contributed by atoms with Crippen LogP contribution in [0.25, 0.3) is 16.9 Å². The van der Waals surface area contributed by atoms with Gasteiger partial charge in [-0.2, -0.15) is 18.3 Å². The molecule has 0 aliphatic carbocycles. The van der Waals surface area contributed by atoms with Crippen LogP contribution in [0.15, 0.2) is 48.8 Å². The number of imidazole rings is 1. The van der Waals surface area contributed by atoms with E-state index in [1.807, 2.05) is 0 Å². The fraction of sp³-hybridized carbons (Fsp3) is 0.136. The molecule has 0 spiro atoms. The molecule has 0 aliphatic rings. The molecule has 3 heterocycles. The molecule has 1 aromatic carbocycles. The van der Waals surface area contributed by atoms with Crippen molar-refractivity contribution in [1.82, 2.24) is 24.9 Å². The van der Waals surface area contributed by atoms with Gasteiger partial charge in [-0.3, -0.25) is 9.59 Å². The quantitative estimate of drug-likeness (QED) is 0.307. The Balaban J connectivity index is 1.57. The van der Waals surface area contributed by atoms with Gasteiger partial charge in [-0.05, 0) is 36.4 Å². The summed E-state index contributed by atoms with van der Waals surface area (Å²) in [4.78, 5) is 32.1. The lowest BCUT2D eigenvalue weighted by atomic mass is 10.1. The Labute approximate surface area is 200 Å². The second kappa shape index (κ2) is 9.29. The summed E-state index contributed by atoms with van der Waals surface area (Å²) in [7, 11) is 0. The molecule has 4 aromatic rings. The van der Waals surface area contributed by atoms with Gasteiger partial charge in [0.25, 0.3) is 5.91 Å². The first kappa shape index (κ1) is 24.1. The van der Waals surface area contributed by atoms with Crippen molar-refractivity contribution in [2.24, 2.45) is 0 Å². The molecule has 3 aromatic heterocycles. The second-order valence-electron chi connectivity index (χ2n) is 7.38. The number of nitrogens with zero attached hydrogens (tertiary/aromatic N) is 4. The van der Waals surface area contributed by atoms with Crippen LogP contribution in [0.5, 0.6) is 0 Å². The third-order valence-electron chi connectivity index (χ3n) is 4.82. The molecule has 0 radical (unpaired) electrons. The first-order valence-corrected chi connectivity index (χ1v) is 10.3. The Kier molecular flexibility index (Phi) is 6.39. The van der Waals surface area contributed by atoms with E-state index in [2.05, 4.69) is 25.7 Å². The molecule has 8 nitrogen and oxygen atoms in total. The highest BCUT2D eigenvalue weighted by Gasteiger charge is 2.31. The number of hydrogen-bond acceptors (Lipinski definition) is 5. The molecule has 180 valence electrons. The average Bonchev–Trinajstić information content (AvgIpc) is 3.18. The molecular weight excluding hydrogens is 492 g/mol. The van der Waals surface area contributed by atoms with E-state index < -0.39 is 30.0 Å². The number of benzene rings is 1. The first-order chi connectivity index (χ1) is 16.5. The van der Waals surface area contributed by atoms with E-state index in [0.717, 1.165) is 0 Å². The molecule has 0 fully saturated rings. The van der Waals surface area contributed by atoms with E-state index in [1.54, 1.807) is 12.1 Å². The van der Waals surface area contributed by atoms with E-state index in [0.29, 0.717) is 40.9 Å². The minimum Gasteiger partial charge on any atom is -0.348 e. The van der Waals surface area contributed by atoms with Crippen molar-refractivity contribution in [1.29, 1.82) is 0 Å². The van der Waals surface area contributed by atoms with Gasteiger partial charge >= 0.3 is 6.18 Å². The van der Waals surface area contributed by atoms with Gasteiger partial charge in [-0.25, -0.2) is 18.9 Å². The maximum Gasteiger partial charge on any atom is 0.416 e. The zero-order valence-corrected chi connectivity index (χ0v) is 18.6. The lowest BCUT2D eigenvalue weighted by Gasteiger charge is -2.11. The van der Waals surface area contributed by atoms with Crippen molar-refractivity contribution in [3.63, 3.8) is 0 Å². The minimum absolute atomic E-state index is 0.0805. The largest absolute Gasteiger partial charge is 0.416 e. The number of nitrogens with one attached hydrogen (secondary N) is 2. The van der Waals surface area contributed by atoms with Crippen LogP contribution in [0.1, 0.15) is 28.4 Å². The Morgan fingerprint density at radius 3 is 2.63 bits per heavy atom. The lowest BCUT2D eigenvalue weighted by Crippen LogP contribution is -2.24. The highest BCUT2D eigenvalue weighted by molar-refractivity contribution is 6.32. The van der Waals surface area contributed by atoms with Crippen LogP contribution in [0.2, 0.25) is 5.15 Å². The molecule has 0 aliphatic heterocycles. The highest BCUT2D eigenvalue weighted by atomic mass is 35.5. The topological polar surface area (TPSA) is 101 Å². The van der Waals surface area contributed by atoms with Gasteiger partial charge in [0, 0.05) is 30.8 Å². The number of carbonyl (C=O) groups excluding carboxylic acids is 2. The zero-order valence-electron chi connectivity index (χ0n) is 17.8. The second-order valence-corrected chi connectivity index (χ2v) is 7.74. The smallest absolute Gasteiger partial charge is 0.348 e. The van der Waals surface area contributed by atoms with Crippen molar-refractivity contribution in [3.05, 3.63) is 76.5 Å². The van der Waals surface area contributed by atoms with Crippen molar-refractivity contribution >= 4 is 34.9 Å².